The smallest absolute Gasteiger partial charge is 0.158 e. The van der Waals surface area contributed by atoms with Gasteiger partial charge in [-0.15, -0.1) is 0 Å². The second kappa shape index (κ2) is 9.94. The third-order valence-corrected chi connectivity index (χ3v) is 4.84. The van der Waals surface area contributed by atoms with Crippen molar-refractivity contribution in [3.05, 3.63) is 0 Å². The summed E-state index contributed by atoms with van der Waals surface area (Å²) in [6, 6.07) is 0. The summed E-state index contributed by atoms with van der Waals surface area (Å²) in [5.74, 6) is 0. The molecule has 0 aromatic heterocycles. The minimum atomic E-state index is -0.0656. The molecule has 3 atom stereocenters. The standard InChI is InChI=1S/C18H32O5/c1-2-6-15(7-3-1)20-11-9-16(12-19-13-17-14-22-17)23-18-8-4-5-10-21-18/h15-18H,1-14H2. The molecule has 0 N–H and O–H groups in total. The maximum atomic E-state index is 6.12. The van der Waals surface area contributed by atoms with Crippen LogP contribution in [-0.2, 0) is 23.7 Å². The second-order valence-corrected chi connectivity index (χ2v) is 6.97. The maximum Gasteiger partial charge on any atom is 0.158 e. The van der Waals surface area contributed by atoms with Crippen LogP contribution in [0.15, 0.2) is 0 Å². The van der Waals surface area contributed by atoms with E-state index in [1.54, 1.807) is 0 Å². The Balaban J connectivity index is 1.35. The van der Waals surface area contributed by atoms with Gasteiger partial charge in [0.15, 0.2) is 6.29 Å². The van der Waals surface area contributed by atoms with Gasteiger partial charge in [0, 0.05) is 13.2 Å². The van der Waals surface area contributed by atoms with Crippen molar-refractivity contribution in [3.63, 3.8) is 0 Å². The molecule has 3 fully saturated rings. The fourth-order valence-corrected chi connectivity index (χ4v) is 3.32. The molecule has 3 rings (SSSR count). The van der Waals surface area contributed by atoms with E-state index in [0.717, 1.165) is 39.1 Å². The lowest BCUT2D eigenvalue weighted by Crippen LogP contribution is -2.32. The van der Waals surface area contributed by atoms with E-state index in [2.05, 4.69) is 0 Å². The molecule has 3 unspecified atom stereocenters. The van der Waals surface area contributed by atoms with Gasteiger partial charge in [-0.25, -0.2) is 0 Å². The Morgan fingerprint density at radius 3 is 2.52 bits per heavy atom. The molecular weight excluding hydrogens is 296 g/mol. The van der Waals surface area contributed by atoms with Crippen LogP contribution in [0.2, 0.25) is 0 Å². The molecule has 2 aliphatic heterocycles. The molecule has 134 valence electrons. The van der Waals surface area contributed by atoms with E-state index in [-0.39, 0.29) is 12.4 Å². The van der Waals surface area contributed by atoms with Gasteiger partial charge in [-0.3, -0.25) is 0 Å². The number of ether oxygens (including phenoxy) is 5. The van der Waals surface area contributed by atoms with E-state index in [9.17, 15) is 0 Å². The normalized spacial score (nSPS) is 30.3. The van der Waals surface area contributed by atoms with Gasteiger partial charge in [-0.2, -0.15) is 0 Å². The number of rotatable bonds is 10. The number of epoxide rings is 1. The highest BCUT2D eigenvalue weighted by Crippen LogP contribution is 2.21. The summed E-state index contributed by atoms with van der Waals surface area (Å²) < 4.78 is 28.8. The van der Waals surface area contributed by atoms with Gasteiger partial charge in [0.2, 0.25) is 0 Å². The lowest BCUT2D eigenvalue weighted by atomic mass is 9.98. The van der Waals surface area contributed by atoms with Crippen molar-refractivity contribution in [2.75, 3.05) is 33.0 Å². The first-order valence-corrected chi connectivity index (χ1v) is 9.48. The van der Waals surface area contributed by atoms with Crippen LogP contribution >= 0.6 is 0 Å². The molecule has 0 radical (unpaired) electrons. The first-order valence-electron chi connectivity index (χ1n) is 9.48. The molecule has 1 aliphatic carbocycles. The molecule has 0 aromatic carbocycles. The zero-order valence-electron chi connectivity index (χ0n) is 14.3. The minimum Gasteiger partial charge on any atom is -0.378 e. The third-order valence-electron chi connectivity index (χ3n) is 4.84. The van der Waals surface area contributed by atoms with Gasteiger partial charge in [0.05, 0.1) is 32.0 Å². The zero-order chi connectivity index (χ0) is 15.7. The van der Waals surface area contributed by atoms with Crippen molar-refractivity contribution >= 4 is 0 Å². The molecule has 23 heavy (non-hydrogen) atoms. The average molecular weight is 328 g/mol. The van der Waals surface area contributed by atoms with Crippen molar-refractivity contribution in [1.29, 1.82) is 0 Å². The summed E-state index contributed by atoms with van der Waals surface area (Å²) in [6.45, 7) is 3.68. The van der Waals surface area contributed by atoms with Crippen LogP contribution in [0.25, 0.3) is 0 Å². The Kier molecular flexibility index (Phi) is 7.62. The van der Waals surface area contributed by atoms with Gasteiger partial charge in [-0.05, 0) is 38.5 Å². The Labute approximate surface area is 139 Å². The van der Waals surface area contributed by atoms with Crippen molar-refractivity contribution in [2.24, 2.45) is 0 Å². The largest absolute Gasteiger partial charge is 0.378 e. The predicted octanol–water partition coefficient (Wildman–Crippen LogP) is 3.05. The van der Waals surface area contributed by atoms with Crippen LogP contribution < -0.4 is 0 Å². The Bertz CT molecular complexity index is 309. The molecule has 2 saturated heterocycles. The van der Waals surface area contributed by atoms with Gasteiger partial charge < -0.3 is 23.7 Å². The molecule has 0 bridgehead atoms. The van der Waals surface area contributed by atoms with Crippen molar-refractivity contribution in [1.82, 2.24) is 0 Å². The monoisotopic (exact) mass is 328 g/mol. The summed E-state index contributed by atoms with van der Waals surface area (Å²) in [7, 11) is 0. The van der Waals surface area contributed by atoms with Gasteiger partial charge in [0.1, 0.15) is 6.10 Å². The van der Waals surface area contributed by atoms with E-state index >= 15 is 0 Å². The summed E-state index contributed by atoms with van der Waals surface area (Å²) in [6.07, 6.45) is 11.4. The average Bonchev–Trinajstić information content (AvgIpc) is 3.41. The Morgan fingerprint density at radius 2 is 1.78 bits per heavy atom. The fourth-order valence-electron chi connectivity index (χ4n) is 3.32. The lowest BCUT2D eigenvalue weighted by Gasteiger charge is -2.28. The topological polar surface area (TPSA) is 49.5 Å². The summed E-state index contributed by atoms with van der Waals surface area (Å²) in [4.78, 5) is 0. The van der Waals surface area contributed by atoms with Gasteiger partial charge in [0.25, 0.3) is 0 Å². The Hall–Kier alpha value is -0.200. The highest BCUT2D eigenvalue weighted by atomic mass is 16.7. The first kappa shape index (κ1) is 17.6. The van der Waals surface area contributed by atoms with Crippen LogP contribution in [-0.4, -0.2) is 57.6 Å². The van der Waals surface area contributed by atoms with Crippen LogP contribution in [0.5, 0.6) is 0 Å². The van der Waals surface area contributed by atoms with E-state index in [4.69, 9.17) is 23.7 Å². The van der Waals surface area contributed by atoms with Crippen molar-refractivity contribution < 1.29 is 23.7 Å². The van der Waals surface area contributed by atoms with Crippen LogP contribution in [0.4, 0.5) is 0 Å². The van der Waals surface area contributed by atoms with Gasteiger partial charge in [-0.1, -0.05) is 19.3 Å². The number of hydrogen-bond donors (Lipinski definition) is 0. The fraction of sp³-hybridized carbons (Fsp3) is 1.00. The van der Waals surface area contributed by atoms with Crippen LogP contribution in [0.3, 0.4) is 0 Å². The summed E-state index contributed by atoms with van der Waals surface area (Å²) in [5.41, 5.74) is 0. The van der Waals surface area contributed by atoms with E-state index in [0.29, 0.717) is 25.4 Å². The maximum absolute atomic E-state index is 6.12. The molecule has 0 spiro atoms. The second-order valence-electron chi connectivity index (χ2n) is 6.97. The third kappa shape index (κ3) is 7.06. The highest BCUT2D eigenvalue weighted by Gasteiger charge is 2.25. The van der Waals surface area contributed by atoms with Gasteiger partial charge >= 0.3 is 0 Å². The first-order chi connectivity index (χ1) is 11.4. The quantitative estimate of drug-likeness (QED) is 0.577. The lowest BCUT2D eigenvalue weighted by molar-refractivity contribution is -0.202. The van der Waals surface area contributed by atoms with Crippen LogP contribution in [0, 0.1) is 0 Å². The molecule has 5 nitrogen and oxygen atoms in total. The van der Waals surface area contributed by atoms with E-state index in [1.165, 1.54) is 38.5 Å². The Morgan fingerprint density at radius 1 is 0.957 bits per heavy atom. The van der Waals surface area contributed by atoms with E-state index in [1.807, 2.05) is 0 Å². The minimum absolute atomic E-state index is 0.0560. The van der Waals surface area contributed by atoms with E-state index < -0.39 is 0 Å². The highest BCUT2D eigenvalue weighted by molar-refractivity contribution is 4.69. The molecule has 1 saturated carbocycles. The molecule has 0 amide bonds. The predicted molar refractivity (Wildman–Crippen MR) is 86.5 cm³/mol. The van der Waals surface area contributed by atoms with Crippen molar-refractivity contribution in [2.45, 2.75) is 82.4 Å². The molecule has 2 heterocycles. The summed E-state index contributed by atoms with van der Waals surface area (Å²) >= 11 is 0. The zero-order valence-corrected chi connectivity index (χ0v) is 14.3. The molecule has 0 aromatic rings. The SMILES string of the molecule is C1CCC(OCCC(COCC2CO2)OC2CCCCO2)CC1. The number of hydrogen-bond acceptors (Lipinski definition) is 5. The molecule has 3 aliphatic rings. The van der Waals surface area contributed by atoms with Crippen LogP contribution in [0.1, 0.15) is 57.8 Å². The molecular formula is C18H32O5. The molecule has 5 heteroatoms. The van der Waals surface area contributed by atoms with Crippen molar-refractivity contribution in [3.8, 4) is 0 Å². The summed E-state index contributed by atoms with van der Waals surface area (Å²) in [5, 5.41) is 0.